The number of amides is 1. The van der Waals surface area contributed by atoms with E-state index in [4.69, 9.17) is 0 Å². The lowest BCUT2D eigenvalue weighted by Crippen LogP contribution is -2.39. The Morgan fingerprint density at radius 2 is 1.86 bits per heavy atom. The number of carbonyl (C=O) groups excluding carboxylic acids is 1. The van der Waals surface area contributed by atoms with Crippen LogP contribution in [0.2, 0.25) is 0 Å². The van der Waals surface area contributed by atoms with E-state index in [2.05, 4.69) is 48.4 Å². The number of aromatic nitrogens is 2. The fraction of sp³-hybridized carbons (Fsp3) is 0.444. The summed E-state index contributed by atoms with van der Waals surface area (Å²) in [4.78, 5) is 16.9. The topological polar surface area (TPSA) is 46.9 Å². The van der Waals surface area contributed by atoms with Crippen LogP contribution in [0.25, 0.3) is 0 Å². The van der Waals surface area contributed by atoms with Crippen molar-refractivity contribution >= 4 is 5.91 Å². The van der Waals surface area contributed by atoms with Gasteiger partial charge in [-0.3, -0.25) is 4.79 Å². The van der Waals surface area contributed by atoms with Crippen LogP contribution < -0.4 is 5.32 Å². The number of hydrogen-bond acceptors (Lipinski definition) is 2. The smallest absolute Gasteiger partial charge is 0.243 e. The highest BCUT2D eigenvalue weighted by atomic mass is 16.2. The Bertz CT molecular complexity index is 649. The van der Waals surface area contributed by atoms with Gasteiger partial charge in [0.2, 0.25) is 5.91 Å². The standard InChI is InChI=1S/C18H23N3O/c1-12(2)17-19-8-9-21(17)13(3)18(22)20-16-10-14-6-4-5-7-15(14)11-16/h4-9,12-13,16H,10-11H2,1-3H3,(H,20,22)/t13-/m0/s1. The van der Waals surface area contributed by atoms with Crippen LogP contribution in [0.15, 0.2) is 36.7 Å². The Morgan fingerprint density at radius 1 is 1.23 bits per heavy atom. The predicted molar refractivity (Wildman–Crippen MR) is 86.8 cm³/mol. The summed E-state index contributed by atoms with van der Waals surface area (Å²) in [6.07, 6.45) is 5.51. The molecule has 0 saturated heterocycles. The third-order valence-electron chi connectivity index (χ3n) is 4.41. The average molecular weight is 297 g/mol. The van der Waals surface area contributed by atoms with Crippen molar-refractivity contribution in [3.8, 4) is 0 Å². The summed E-state index contributed by atoms with van der Waals surface area (Å²) < 4.78 is 1.97. The maximum absolute atomic E-state index is 12.6. The zero-order chi connectivity index (χ0) is 15.7. The van der Waals surface area contributed by atoms with E-state index in [1.165, 1.54) is 11.1 Å². The lowest BCUT2D eigenvalue weighted by molar-refractivity contribution is -0.124. The molecule has 1 aromatic heterocycles. The lowest BCUT2D eigenvalue weighted by atomic mass is 10.1. The highest BCUT2D eigenvalue weighted by Gasteiger charge is 2.25. The second kappa shape index (κ2) is 5.95. The van der Waals surface area contributed by atoms with Gasteiger partial charge in [-0.05, 0) is 30.9 Å². The van der Waals surface area contributed by atoms with Crippen molar-refractivity contribution in [2.75, 3.05) is 0 Å². The highest BCUT2D eigenvalue weighted by molar-refractivity contribution is 5.80. The zero-order valence-electron chi connectivity index (χ0n) is 13.4. The van der Waals surface area contributed by atoms with E-state index in [0.717, 1.165) is 18.7 Å². The second-order valence-electron chi connectivity index (χ2n) is 6.41. The third-order valence-corrected chi connectivity index (χ3v) is 4.41. The summed E-state index contributed by atoms with van der Waals surface area (Å²) in [5.41, 5.74) is 2.71. The molecule has 1 heterocycles. The van der Waals surface area contributed by atoms with Crippen molar-refractivity contribution in [2.24, 2.45) is 0 Å². The van der Waals surface area contributed by atoms with E-state index in [1.807, 2.05) is 17.7 Å². The molecule has 1 atom stereocenters. The quantitative estimate of drug-likeness (QED) is 0.943. The molecular formula is C18H23N3O. The van der Waals surface area contributed by atoms with E-state index in [0.29, 0.717) is 5.92 Å². The molecule has 1 aliphatic rings. The molecular weight excluding hydrogens is 274 g/mol. The van der Waals surface area contributed by atoms with Crippen molar-refractivity contribution in [1.82, 2.24) is 14.9 Å². The highest BCUT2D eigenvalue weighted by Crippen LogP contribution is 2.23. The fourth-order valence-electron chi connectivity index (χ4n) is 3.21. The Balaban J connectivity index is 1.67. The number of carbonyl (C=O) groups is 1. The minimum atomic E-state index is -0.233. The number of nitrogens with one attached hydrogen (secondary N) is 1. The molecule has 1 aromatic carbocycles. The molecule has 22 heavy (non-hydrogen) atoms. The molecule has 0 saturated carbocycles. The summed E-state index contributed by atoms with van der Waals surface area (Å²) in [5, 5.41) is 3.19. The number of nitrogens with zero attached hydrogens (tertiary/aromatic N) is 2. The van der Waals surface area contributed by atoms with Gasteiger partial charge in [-0.15, -0.1) is 0 Å². The van der Waals surface area contributed by atoms with E-state index in [9.17, 15) is 4.79 Å². The number of hydrogen-bond donors (Lipinski definition) is 1. The maximum atomic E-state index is 12.6. The normalized spacial score (nSPS) is 15.8. The summed E-state index contributed by atoms with van der Waals surface area (Å²) >= 11 is 0. The van der Waals surface area contributed by atoms with Gasteiger partial charge in [0.05, 0.1) is 0 Å². The molecule has 0 unspecified atom stereocenters. The van der Waals surface area contributed by atoms with E-state index in [-0.39, 0.29) is 18.0 Å². The van der Waals surface area contributed by atoms with E-state index in [1.54, 1.807) is 6.20 Å². The number of fused-ring (bicyclic) bond motifs is 1. The average Bonchev–Trinajstić information content (AvgIpc) is 3.12. The first kappa shape index (κ1) is 14.8. The maximum Gasteiger partial charge on any atom is 0.243 e. The molecule has 1 amide bonds. The van der Waals surface area contributed by atoms with Crippen LogP contribution in [-0.4, -0.2) is 21.5 Å². The Morgan fingerprint density at radius 3 is 2.45 bits per heavy atom. The number of rotatable bonds is 4. The van der Waals surface area contributed by atoms with Crippen molar-refractivity contribution < 1.29 is 4.79 Å². The van der Waals surface area contributed by atoms with Crippen LogP contribution in [0, 0.1) is 0 Å². The first-order chi connectivity index (χ1) is 10.6. The van der Waals surface area contributed by atoms with Crippen molar-refractivity contribution in [1.29, 1.82) is 0 Å². The third kappa shape index (κ3) is 2.78. The van der Waals surface area contributed by atoms with Crippen LogP contribution >= 0.6 is 0 Å². The molecule has 0 spiro atoms. The fourth-order valence-corrected chi connectivity index (χ4v) is 3.21. The van der Waals surface area contributed by atoms with Gasteiger partial charge in [0.25, 0.3) is 0 Å². The molecule has 4 heteroatoms. The second-order valence-corrected chi connectivity index (χ2v) is 6.41. The Hall–Kier alpha value is -2.10. The predicted octanol–water partition coefficient (Wildman–Crippen LogP) is 2.85. The van der Waals surface area contributed by atoms with Crippen LogP contribution in [0.1, 0.15) is 49.7 Å². The Labute approximate surface area is 131 Å². The van der Waals surface area contributed by atoms with Gasteiger partial charge in [-0.2, -0.15) is 0 Å². The number of imidazole rings is 1. The van der Waals surface area contributed by atoms with Gasteiger partial charge in [-0.25, -0.2) is 4.98 Å². The summed E-state index contributed by atoms with van der Waals surface area (Å²) in [7, 11) is 0. The lowest BCUT2D eigenvalue weighted by Gasteiger charge is -2.20. The molecule has 3 rings (SSSR count). The molecule has 2 aromatic rings. The van der Waals surface area contributed by atoms with Crippen molar-refractivity contribution in [3.63, 3.8) is 0 Å². The van der Waals surface area contributed by atoms with Gasteiger partial charge < -0.3 is 9.88 Å². The summed E-state index contributed by atoms with van der Waals surface area (Å²) in [6.45, 7) is 6.12. The Kier molecular flexibility index (Phi) is 4.01. The largest absolute Gasteiger partial charge is 0.351 e. The molecule has 1 N–H and O–H groups in total. The van der Waals surface area contributed by atoms with Crippen molar-refractivity contribution in [2.45, 2.75) is 51.6 Å². The molecule has 0 bridgehead atoms. The molecule has 0 radical (unpaired) electrons. The van der Waals surface area contributed by atoms with Crippen molar-refractivity contribution in [3.05, 3.63) is 53.6 Å². The van der Waals surface area contributed by atoms with Gasteiger partial charge >= 0.3 is 0 Å². The molecule has 4 nitrogen and oxygen atoms in total. The first-order valence-electron chi connectivity index (χ1n) is 7.96. The zero-order valence-corrected chi connectivity index (χ0v) is 13.4. The number of benzene rings is 1. The minimum absolute atomic E-state index is 0.0673. The van der Waals surface area contributed by atoms with Gasteiger partial charge in [0.1, 0.15) is 11.9 Å². The van der Waals surface area contributed by atoms with E-state index < -0.39 is 0 Å². The molecule has 116 valence electrons. The van der Waals surface area contributed by atoms with Crippen LogP contribution in [0.3, 0.4) is 0 Å². The van der Waals surface area contributed by atoms with Gasteiger partial charge in [0.15, 0.2) is 0 Å². The summed E-state index contributed by atoms with van der Waals surface area (Å²) in [5.74, 6) is 1.33. The van der Waals surface area contributed by atoms with Crippen LogP contribution in [-0.2, 0) is 17.6 Å². The first-order valence-corrected chi connectivity index (χ1v) is 7.96. The van der Waals surface area contributed by atoms with Crippen LogP contribution in [0.5, 0.6) is 0 Å². The monoisotopic (exact) mass is 297 g/mol. The van der Waals surface area contributed by atoms with E-state index >= 15 is 0 Å². The molecule has 0 aliphatic heterocycles. The summed E-state index contributed by atoms with van der Waals surface area (Å²) in [6, 6.07) is 8.40. The molecule has 0 fully saturated rings. The van der Waals surface area contributed by atoms with Crippen LogP contribution in [0.4, 0.5) is 0 Å². The molecule has 1 aliphatic carbocycles. The SMILES string of the molecule is CC(C)c1nccn1[C@@H](C)C(=O)NC1Cc2ccccc2C1. The minimum Gasteiger partial charge on any atom is -0.351 e. The van der Waals surface area contributed by atoms with Gasteiger partial charge in [-0.1, -0.05) is 38.1 Å². The van der Waals surface area contributed by atoms with Gasteiger partial charge in [0, 0.05) is 24.4 Å².